The van der Waals surface area contributed by atoms with E-state index in [1.165, 1.54) is 11.3 Å². The lowest BCUT2D eigenvalue weighted by Crippen LogP contribution is -2.11. The molecule has 1 amide bonds. The van der Waals surface area contributed by atoms with Gasteiger partial charge in [-0.1, -0.05) is 17.7 Å². The Morgan fingerprint density at radius 2 is 2.12 bits per heavy atom. The zero-order valence-electron chi connectivity index (χ0n) is 12.5. The number of hydrogen-bond donors (Lipinski definition) is 1. The molecule has 122 valence electrons. The smallest absolute Gasteiger partial charge is 0.257 e. The topological polar surface area (TPSA) is 51.2 Å². The molecule has 24 heavy (non-hydrogen) atoms. The molecular formula is C17H12BrClN2O2S. The van der Waals surface area contributed by atoms with E-state index in [1.807, 2.05) is 23.6 Å². The summed E-state index contributed by atoms with van der Waals surface area (Å²) in [5.74, 6) is 0.512. The number of carbonyl (C=O) groups excluding carboxylic acids is 1. The fourth-order valence-corrected chi connectivity index (χ4v) is 3.53. The maximum Gasteiger partial charge on any atom is 0.257 e. The number of ether oxygens (including phenoxy) is 1. The molecule has 1 heterocycles. The normalized spacial score (nSPS) is 10.5. The molecule has 0 saturated carbocycles. The summed E-state index contributed by atoms with van der Waals surface area (Å²) in [7, 11) is 1.62. The van der Waals surface area contributed by atoms with E-state index in [1.54, 1.807) is 31.4 Å². The lowest BCUT2D eigenvalue weighted by molar-refractivity contribution is 0.102. The largest absolute Gasteiger partial charge is 0.496 e. The number of methoxy groups -OCH3 is 1. The van der Waals surface area contributed by atoms with Gasteiger partial charge in [-0.3, -0.25) is 10.1 Å². The molecule has 0 fully saturated rings. The SMILES string of the molecule is COc1ccc(-c2csc(NC(=O)c3cccc(Cl)c3)n2)cc1Br. The van der Waals surface area contributed by atoms with Gasteiger partial charge in [0.05, 0.1) is 17.3 Å². The van der Waals surface area contributed by atoms with Crippen molar-refractivity contribution in [3.8, 4) is 17.0 Å². The maximum absolute atomic E-state index is 12.2. The molecule has 0 atom stereocenters. The van der Waals surface area contributed by atoms with E-state index in [2.05, 4.69) is 26.2 Å². The molecule has 0 saturated heterocycles. The van der Waals surface area contributed by atoms with Crippen molar-refractivity contribution in [3.05, 3.63) is 62.9 Å². The molecule has 3 aromatic rings. The molecule has 0 aliphatic heterocycles. The van der Waals surface area contributed by atoms with Crippen LogP contribution in [0.2, 0.25) is 5.02 Å². The van der Waals surface area contributed by atoms with Gasteiger partial charge in [0, 0.05) is 21.5 Å². The van der Waals surface area contributed by atoms with E-state index in [-0.39, 0.29) is 5.91 Å². The second kappa shape index (κ2) is 7.34. The predicted octanol–water partition coefficient (Wildman–Crippen LogP) is 5.49. The minimum absolute atomic E-state index is 0.241. The first-order valence-corrected chi connectivity index (χ1v) is 8.98. The third-order valence-corrected chi connectivity index (χ3v) is 4.87. The van der Waals surface area contributed by atoms with Crippen LogP contribution in [-0.4, -0.2) is 18.0 Å². The van der Waals surface area contributed by atoms with Gasteiger partial charge < -0.3 is 4.74 Å². The van der Waals surface area contributed by atoms with E-state index in [0.29, 0.717) is 15.7 Å². The highest BCUT2D eigenvalue weighted by Gasteiger charge is 2.11. The summed E-state index contributed by atoms with van der Waals surface area (Å²) in [6, 6.07) is 12.5. The highest BCUT2D eigenvalue weighted by Crippen LogP contribution is 2.32. The lowest BCUT2D eigenvalue weighted by atomic mass is 10.2. The average Bonchev–Trinajstić information content (AvgIpc) is 3.03. The minimum atomic E-state index is -0.241. The minimum Gasteiger partial charge on any atom is -0.496 e. The highest BCUT2D eigenvalue weighted by molar-refractivity contribution is 9.10. The van der Waals surface area contributed by atoms with Crippen LogP contribution < -0.4 is 10.1 Å². The van der Waals surface area contributed by atoms with Crippen molar-refractivity contribution in [3.63, 3.8) is 0 Å². The highest BCUT2D eigenvalue weighted by atomic mass is 79.9. The lowest BCUT2D eigenvalue weighted by Gasteiger charge is -2.04. The van der Waals surface area contributed by atoms with Crippen LogP contribution in [-0.2, 0) is 0 Å². The maximum atomic E-state index is 12.2. The van der Waals surface area contributed by atoms with Gasteiger partial charge in [-0.2, -0.15) is 0 Å². The summed E-state index contributed by atoms with van der Waals surface area (Å²) in [6.07, 6.45) is 0. The third kappa shape index (κ3) is 3.77. The first-order chi connectivity index (χ1) is 11.6. The van der Waals surface area contributed by atoms with Gasteiger partial charge in [-0.05, 0) is 52.3 Å². The van der Waals surface area contributed by atoms with Crippen LogP contribution in [0.5, 0.6) is 5.75 Å². The zero-order valence-corrected chi connectivity index (χ0v) is 15.7. The molecule has 0 unspecified atom stereocenters. The van der Waals surface area contributed by atoms with Crippen LogP contribution in [0, 0.1) is 0 Å². The Morgan fingerprint density at radius 3 is 2.83 bits per heavy atom. The summed E-state index contributed by atoms with van der Waals surface area (Å²) in [6.45, 7) is 0. The van der Waals surface area contributed by atoms with Crippen molar-refractivity contribution in [2.45, 2.75) is 0 Å². The number of rotatable bonds is 4. The van der Waals surface area contributed by atoms with E-state index in [4.69, 9.17) is 16.3 Å². The summed E-state index contributed by atoms with van der Waals surface area (Å²) in [4.78, 5) is 16.7. The molecule has 0 bridgehead atoms. The summed E-state index contributed by atoms with van der Waals surface area (Å²) < 4.78 is 6.07. The van der Waals surface area contributed by atoms with Gasteiger partial charge in [-0.25, -0.2) is 4.98 Å². The van der Waals surface area contributed by atoms with E-state index in [0.717, 1.165) is 21.5 Å². The Labute approximate surface area is 156 Å². The molecule has 0 radical (unpaired) electrons. The Hall–Kier alpha value is -1.89. The molecule has 2 aromatic carbocycles. The number of thiazole rings is 1. The molecule has 0 aliphatic rings. The molecule has 1 aromatic heterocycles. The Balaban J connectivity index is 1.78. The molecule has 4 nitrogen and oxygen atoms in total. The molecule has 0 aliphatic carbocycles. The number of amides is 1. The number of nitrogens with one attached hydrogen (secondary N) is 1. The van der Waals surface area contributed by atoms with Crippen molar-refractivity contribution in [1.29, 1.82) is 0 Å². The molecule has 3 rings (SSSR count). The Morgan fingerprint density at radius 1 is 1.29 bits per heavy atom. The van der Waals surface area contributed by atoms with Crippen LogP contribution in [0.15, 0.2) is 52.3 Å². The van der Waals surface area contributed by atoms with Gasteiger partial charge >= 0.3 is 0 Å². The van der Waals surface area contributed by atoms with Crippen molar-refractivity contribution < 1.29 is 9.53 Å². The number of anilines is 1. The number of aromatic nitrogens is 1. The average molecular weight is 424 g/mol. The van der Waals surface area contributed by atoms with Crippen LogP contribution in [0.3, 0.4) is 0 Å². The summed E-state index contributed by atoms with van der Waals surface area (Å²) >= 11 is 10.7. The number of benzene rings is 2. The Bertz CT molecular complexity index is 898. The van der Waals surface area contributed by atoms with Gasteiger partial charge in [0.2, 0.25) is 0 Å². The van der Waals surface area contributed by atoms with Crippen molar-refractivity contribution in [2.75, 3.05) is 12.4 Å². The van der Waals surface area contributed by atoms with Crippen molar-refractivity contribution in [2.24, 2.45) is 0 Å². The van der Waals surface area contributed by atoms with Crippen molar-refractivity contribution in [1.82, 2.24) is 4.98 Å². The molecule has 0 spiro atoms. The van der Waals surface area contributed by atoms with Crippen LogP contribution in [0.25, 0.3) is 11.3 Å². The van der Waals surface area contributed by atoms with E-state index in [9.17, 15) is 4.79 Å². The van der Waals surface area contributed by atoms with Gasteiger partial charge in [0.25, 0.3) is 5.91 Å². The Kier molecular flexibility index (Phi) is 5.18. The number of hydrogen-bond acceptors (Lipinski definition) is 4. The van der Waals surface area contributed by atoms with Crippen LogP contribution >= 0.6 is 38.9 Å². The zero-order chi connectivity index (χ0) is 17.1. The molecule has 1 N–H and O–H groups in total. The summed E-state index contributed by atoms with van der Waals surface area (Å²) in [5.41, 5.74) is 2.21. The summed E-state index contributed by atoms with van der Waals surface area (Å²) in [5, 5.41) is 5.73. The van der Waals surface area contributed by atoms with Crippen LogP contribution in [0.1, 0.15) is 10.4 Å². The standard InChI is InChI=1S/C17H12BrClN2O2S/c1-23-15-6-5-10(8-13(15)18)14-9-24-17(20-14)21-16(22)11-3-2-4-12(19)7-11/h2-9H,1H3,(H,20,21,22). The fourth-order valence-electron chi connectivity index (χ4n) is 2.09. The first kappa shape index (κ1) is 17.0. The number of halogens is 2. The van der Waals surface area contributed by atoms with E-state index >= 15 is 0 Å². The van der Waals surface area contributed by atoms with Gasteiger partial charge in [0.1, 0.15) is 5.75 Å². The van der Waals surface area contributed by atoms with E-state index < -0.39 is 0 Å². The van der Waals surface area contributed by atoms with Crippen LogP contribution in [0.4, 0.5) is 5.13 Å². The number of nitrogens with zero attached hydrogens (tertiary/aromatic N) is 1. The number of carbonyl (C=O) groups is 1. The molecular weight excluding hydrogens is 412 g/mol. The van der Waals surface area contributed by atoms with Gasteiger partial charge in [-0.15, -0.1) is 11.3 Å². The monoisotopic (exact) mass is 422 g/mol. The second-order valence-electron chi connectivity index (χ2n) is 4.85. The predicted molar refractivity (Wildman–Crippen MR) is 101 cm³/mol. The van der Waals surface area contributed by atoms with Gasteiger partial charge in [0.15, 0.2) is 5.13 Å². The third-order valence-electron chi connectivity index (χ3n) is 3.26. The fraction of sp³-hybridized carbons (Fsp3) is 0.0588. The molecule has 7 heteroatoms. The second-order valence-corrected chi connectivity index (χ2v) is 7.00. The quantitative estimate of drug-likeness (QED) is 0.604. The van der Waals surface area contributed by atoms with Crippen molar-refractivity contribution >= 4 is 49.9 Å². The first-order valence-electron chi connectivity index (χ1n) is 6.93.